The summed E-state index contributed by atoms with van der Waals surface area (Å²) in [6.45, 7) is 5.77. The Kier molecular flexibility index (Phi) is 10.5. The Labute approximate surface area is 208 Å². The minimum atomic E-state index is -0.647. The normalized spacial score (nSPS) is 11.8. The van der Waals surface area contributed by atoms with E-state index >= 15 is 0 Å². The van der Waals surface area contributed by atoms with E-state index in [4.69, 9.17) is 23.2 Å². The molecule has 1 N–H and O–H groups in total. The minimum Gasteiger partial charge on any atom is -0.352 e. The van der Waals surface area contributed by atoms with Crippen molar-refractivity contribution in [2.45, 2.75) is 51.6 Å². The van der Waals surface area contributed by atoms with Gasteiger partial charge in [-0.3, -0.25) is 19.7 Å². The van der Waals surface area contributed by atoms with E-state index in [-0.39, 0.29) is 35.8 Å². The molecule has 0 unspecified atom stereocenters. The van der Waals surface area contributed by atoms with Crippen molar-refractivity contribution >= 4 is 52.5 Å². The van der Waals surface area contributed by atoms with Crippen LogP contribution in [-0.4, -0.2) is 39.5 Å². The predicted octanol–water partition coefficient (Wildman–Crippen LogP) is 5.47. The third-order valence-electron chi connectivity index (χ3n) is 4.81. The molecule has 0 saturated carbocycles. The van der Waals surface area contributed by atoms with Crippen molar-refractivity contribution in [2.75, 3.05) is 5.75 Å². The van der Waals surface area contributed by atoms with Crippen LogP contribution in [0.1, 0.15) is 38.3 Å². The number of nitrogens with one attached hydrogen (secondary N) is 1. The van der Waals surface area contributed by atoms with E-state index in [1.54, 1.807) is 35.2 Å². The second-order valence-corrected chi connectivity index (χ2v) is 9.59. The lowest BCUT2D eigenvalue weighted by atomic mass is 10.1. The minimum absolute atomic E-state index is 0.0211. The lowest BCUT2D eigenvalue weighted by molar-refractivity contribution is -0.384. The highest BCUT2D eigenvalue weighted by Gasteiger charge is 2.29. The highest BCUT2D eigenvalue weighted by molar-refractivity contribution is 7.99. The average molecular weight is 512 g/mol. The summed E-state index contributed by atoms with van der Waals surface area (Å²) in [5, 5.41) is 14.6. The van der Waals surface area contributed by atoms with Crippen molar-refractivity contribution in [2.24, 2.45) is 0 Å². The van der Waals surface area contributed by atoms with Crippen LogP contribution in [0.2, 0.25) is 10.0 Å². The van der Waals surface area contributed by atoms with Gasteiger partial charge in [0.1, 0.15) is 6.04 Å². The third-order valence-corrected chi connectivity index (χ3v) is 6.39. The number of non-ortho nitro benzene ring substituents is 1. The molecule has 0 aliphatic carbocycles. The van der Waals surface area contributed by atoms with E-state index in [0.717, 1.165) is 5.56 Å². The lowest BCUT2D eigenvalue weighted by Gasteiger charge is -2.31. The van der Waals surface area contributed by atoms with Gasteiger partial charge < -0.3 is 10.2 Å². The molecular formula is C23H27Cl2N3O4S. The molecule has 0 aliphatic rings. The third kappa shape index (κ3) is 8.21. The van der Waals surface area contributed by atoms with Crippen LogP contribution in [0.5, 0.6) is 0 Å². The molecule has 2 amide bonds. The second-order valence-electron chi connectivity index (χ2n) is 7.76. The molecule has 2 aromatic rings. The van der Waals surface area contributed by atoms with Crippen LogP contribution in [0.15, 0.2) is 42.5 Å². The van der Waals surface area contributed by atoms with Gasteiger partial charge in [-0.25, -0.2) is 0 Å². The number of nitro benzene ring substituents is 1. The van der Waals surface area contributed by atoms with Crippen LogP contribution >= 0.6 is 35.0 Å². The number of thioether (sulfide) groups is 1. The topological polar surface area (TPSA) is 92.6 Å². The van der Waals surface area contributed by atoms with Gasteiger partial charge in [-0.15, -0.1) is 11.8 Å². The molecule has 0 radical (unpaired) electrons. The summed E-state index contributed by atoms with van der Waals surface area (Å²) < 4.78 is 0. The highest BCUT2D eigenvalue weighted by atomic mass is 35.5. The molecule has 0 bridgehead atoms. The number of hydrogen-bond donors (Lipinski definition) is 1. The van der Waals surface area contributed by atoms with Gasteiger partial charge in [0.05, 0.1) is 10.7 Å². The number of carbonyl (C=O) groups is 2. The zero-order chi connectivity index (χ0) is 24.5. The van der Waals surface area contributed by atoms with E-state index in [2.05, 4.69) is 5.32 Å². The van der Waals surface area contributed by atoms with Crippen LogP contribution in [0, 0.1) is 10.1 Å². The number of amides is 2. The first-order valence-electron chi connectivity index (χ1n) is 10.5. The number of nitro groups is 1. The number of halogens is 2. The Hall–Kier alpha value is -2.29. The Morgan fingerprint density at radius 2 is 1.82 bits per heavy atom. The SMILES string of the molecule is CC[C@H](C(=O)NC(C)C)N(Cc1ccc(Cl)cc1Cl)C(=O)CSCc1ccc([N+](=O)[O-])cc1. The van der Waals surface area contributed by atoms with Crippen molar-refractivity contribution in [3.63, 3.8) is 0 Å². The second kappa shape index (κ2) is 12.8. The van der Waals surface area contributed by atoms with Crippen LogP contribution in [0.3, 0.4) is 0 Å². The molecule has 1 atom stereocenters. The van der Waals surface area contributed by atoms with Crippen molar-refractivity contribution in [3.05, 3.63) is 73.8 Å². The van der Waals surface area contributed by atoms with Crippen LogP contribution in [0.4, 0.5) is 5.69 Å². The molecule has 10 heteroatoms. The van der Waals surface area contributed by atoms with E-state index in [0.29, 0.717) is 27.8 Å². The average Bonchev–Trinajstić information content (AvgIpc) is 2.74. The van der Waals surface area contributed by atoms with Gasteiger partial charge in [0.15, 0.2) is 0 Å². The molecule has 0 fully saturated rings. The molecule has 0 spiro atoms. The molecule has 2 aromatic carbocycles. The van der Waals surface area contributed by atoms with Gasteiger partial charge in [0, 0.05) is 40.5 Å². The summed E-state index contributed by atoms with van der Waals surface area (Å²) in [6.07, 6.45) is 0.447. The van der Waals surface area contributed by atoms with Gasteiger partial charge in [-0.1, -0.05) is 48.3 Å². The van der Waals surface area contributed by atoms with Crippen LogP contribution < -0.4 is 5.32 Å². The standard InChI is InChI=1S/C23H27Cl2N3O4S/c1-4-21(23(30)26-15(2)3)27(12-17-7-8-18(24)11-20(17)25)22(29)14-33-13-16-5-9-19(10-6-16)28(31)32/h5-11,15,21H,4,12-14H2,1-3H3,(H,26,30)/t21-/m1/s1. The fourth-order valence-corrected chi connectivity index (χ4v) is 4.53. The molecular weight excluding hydrogens is 485 g/mol. The van der Waals surface area contributed by atoms with Gasteiger partial charge in [-0.2, -0.15) is 0 Å². The smallest absolute Gasteiger partial charge is 0.269 e. The number of benzene rings is 2. The first-order chi connectivity index (χ1) is 15.6. The molecule has 33 heavy (non-hydrogen) atoms. The van der Waals surface area contributed by atoms with Crippen molar-refractivity contribution in [3.8, 4) is 0 Å². The maximum atomic E-state index is 13.2. The Morgan fingerprint density at radius 3 is 2.36 bits per heavy atom. The fraction of sp³-hybridized carbons (Fsp3) is 0.391. The molecule has 2 rings (SSSR count). The molecule has 178 valence electrons. The fourth-order valence-electron chi connectivity index (χ4n) is 3.19. The van der Waals surface area contributed by atoms with Crippen molar-refractivity contribution in [1.29, 1.82) is 0 Å². The van der Waals surface area contributed by atoms with Crippen LogP contribution in [-0.2, 0) is 21.9 Å². The van der Waals surface area contributed by atoms with E-state index in [9.17, 15) is 19.7 Å². The van der Waals surface area contributed by atoms with E-state index in [1.165, 1.54) is 23.9 Å². The quantitative estimate of drug-likeness (QED) is 0.319. The zero-order valence-electron chi connectivity index (χ0n) is 18.7. The molecule has 0 aliphatic heterocycles. The molecule has 0 saturated heterocycles. The van der Waals surface area contributed by atoms with Crippen LogP contribution in [0.25, 0.3) is 0 Å². The summed E-state index contributed by atoms with van der Waals surface area (Å²) >= 11 is 13.7. The van der Waals surface area contributed by atoms with Crippen molar-refractivity contribution in [1.82, 2.24) is 10.2 Å². The molecule has 0 aromatic heterocycles. The first-order valence-corrected chi connectivity index (χ1v) is 12.4. The largest absolute Gasteiger partial charge is 0.352 e. The molecule has 7 nitrogen and oxygen atoms in total. The monoisotopic (exact) mass is 511 g/mol. The molecule has 0 heterocycles. The number of carbonyl (C=O) groups excluding carboxylic acids is 2. The maximum Gasteiger partial charge on any atom is 0.269 e. The van der Waals surface area contributed by atoms with Gasteiger partial charge in [-0.05, 0) is 43.5 Å². The van der Waals surface area contributed by atoms with Gasteiger partial charge in [0.2, 0.25) is 11.8 Å². The van der Waals surface area contributed by atoms with E-state index in [1.807, 2.05) is 20.8 Å². The summed E-state index contributed by atoms with van der Waals surface area (Å²) in [7, 11) is 0. The Bertz CT molecular complexity index is 986. The summed E-state index contributed by atoms with van der Waals surface area (Å²) in [5.41, 5.74) is 1.59. The summed E-state index contributed by atoms with van der Waals surface area (Å²) in [5.74, 6) is 0.243. The Balaban J connectivity index is 2.15. The first kappa shape index (κ1) is 27.0. The number of rotatable bonds is 11. The number of nitrogens with zero attached hydrogens (tertiary/aromatic N) is 2. The number of hydrogen-bond acceptors (Lipinski definition) is 5. The van der Waals surface area contributed by atoms with Gasteiger partial charge in [0.25, 0.3) is 5.69 Å². The lowest BCUT2D eigenvalue weighted by Crippen LogP contribution is -2.51. The van der Waals surface area contributed by atoms with Gasteiger partial charge >= 0.3 is 0 Å². The maximum absolute atomic E-state index is 13.2. The zero-order valence-corrected chi connectivity index (χ0v) is 21.0. The highest BCUT2D eigenvalue weighted by Crippen LogP contribution is 2.25. The summed E-state index contributed by atoms with van der Waals surface area (Å²) in [6, 6.07) is 10.6. The Morgan fingerprint density at radius 1 is 1.15 bits per heavy atom. The van der Waals surface area contributed by atoms with E-state index < -0.39 is 11.0 Å². The summed E-state index contributed by atoms with van der Waals surface area (Å²) in [4.78, 5) is 37.9. The predicted molar refractivity (Wildman–Crippen MR) is 134 cm³/mol. The van der Waals surface area contributed by atoms with Crippen molar-refractivity contribution < 1.29 is 14.5 Å².